The van der Waals surface area contributed by atoms with Gasteiger partial charge in [-0.1, -0.05) is 11.6 Å². The van der Waals surface area contributed by atoms with Crippen LogP contribution in [0, 0.1) is 5.82 Å². The van der Waals surface area contributed by atoms with Gasteiger partial charge in [0.1, 0.15) is 17.9 Å². The van der Waals surface area contributed by atoms with Crippen molar-refractivity contribution in [1.82, 2.24) is 15.3 Å². The van der Waals surface area contributed by atoms with Gasteiger partial charge in [0.2, 0.25) is 0 Å². The van der Waals surface area contributed by atoms with Gasteiger partial charge in [0.25, 0.3) is 5.91 Å². The standard InChI is InChI=1S/C14H13ClFN3O2/c1-8(2)19-14(20)10-5-9(16)3-4-11(10)21-12-6-17-7-18-13(12)15/h3-8H,1-2H3,(H,19,20). The zero-order chi connectivity index (χ0) is 15.4. The minimum Gasteiger partial charge on any atom is -0.452 e. The molecule has 0 atom stereocenters. The van der Waals surface area contributed by atoms with Gasteiger partial charge in [-0.25, -0.2) is 14.4 Å². The van der Waals surface area contributed by atoms with Crippen molar-refractivity contribution in [3.8, 4) is 11.5 Å². The number of aromatic nitrogens is 2. The number of rotatable bonds is 4. The Morgan fingerprint density at radius 2 is 2.14 bits per heavy atom. The first kappa shape index (κ1) is 15.2. The fourth-order valence-electron chi connectivity index (χ4n) is 1.60. The van der Waals surface area contributed by atoms with Crippen molar-refractivity contribution in [3.63, 3.8) is 0 Å². The van der Waals surface area contributed by atoms with Crippen molar-refractivity contribution in [2.24, 2.45) is 0 Å². The van der Waals surface area contributed by atoms with Crippen LogP contribution in [0.25, 0.3) is 0 Å². The molecule has 0 bridgehead atoms. The van der Waals surface area contributed by atoms with E-state index in [1.807, 2.05) is 0 Å². The van der Waals surface area contributed by atoms with E-state index in [-0.39, 0.29) is 28.3 Å². The lowest BCUT2D eigenvalue weighted by Gasteiger charge is -2.13. The maximum atomic E-state index is 13.4. The highest BCUT2D eigenvalue weighted by Crippen LogP contribution is 2.29. The molecular weight excluding hydrogens is 297 g/mol. The molecule has 0 saturated carbocycles. The third kappa shape index (κ3) is 3.88. The van der Waals surface area contributed by atoms with Crippen LogP contribution in [0.3, 0.4) is 0 Å². The van der Waals surface area contributed by atoms with Gasteiger partial charge in [0.15, 0.2) is 10.9 Å². The minimum absolute atomic E-state index is 0.0728. The molecule has 0 spiro atoms. The lowest BCUT2D eigenvalue weighted by Crippen LogP contribution is -2.30. The van der Waals surface area contributed by atoms with E-state index in [4.69, 9.17) is 16.3 Å². The first-order valence-corrected chi connectivity index (χ1v) is 6.59. The molecule has 1 aromatic heterocycles. The second-order valence-corrected chi connectivity index (χ2v) is 4.91. The Morgan fingerprint density at radius 1 is 1.38 bits per heavy atom. The topological polar surface area (TPSA) is 64.1 Å². The largest absolute Gasteiger partial charge is 0.452 e. The number of carbonyl (C=O) groups excluding carboxylic acids is 1. The molecule has 0 aliphatic rings. The highest BCUT2D eigenvalue weighted by molar-refractivity contribution is 6.30. The molecule has 1 N–H and O–H groups in total. The quantitative estimate of drug-likeness (QED) is 0.881. The Bertz CT molecular complexity index is 664. The SMILES string of the molecule is CC(C)NC(=O)c1cc(F)ccc1Oc1cncnc1Cl. The van der Waals surface area contributed by atoms with Crippen molar-refractivity contribution in [2.75, 3.05) is 0 Å². The van der Waals surface area contributed by atoms with Gasteiger partial charge in [-0.15, -0.1) is 0 Å². The summed E-state index contributed by atoms with van der Waals surface area (Å²) in [6.45, 7) is 3.61. The second kappa shape index (κ2) is 6.49. The van der Waals surface area contributed by atoms with Crippen molar-refractivity contribution in [3.05, 3.63) is 47.3 Å². The minimum atomic E-state index is -0.535. The van der Waals surface area contributed by atoms with Crippen LogP contribution >= 0.6 is 11.6 Å². The molecule has 1 aromatic carbocycles. The first-order chi connectivity index (χ1) is 9.97. The van der Waals surface area contributed by atoms with Gasteiger partial charge in [0.05, 0.1) is 11.8 Å². The Labute approximate surface area is 126 Å². The summed E-state index contributed by atoms with van der Waals surface area (Å²) in [7, 11) is 0. The van der Waals surface area contributed by atoms with Gasteiger partial charge >= 0.3 is 0 Å². The van der Waals surface area contributed by atoms with Gasteiger partial charge in [0, 0.05) is 6.04 Å². The van der Waals surface area contributed by atoms with E-state index in [0.29, 0.717) is 0 Å². The molecule has 0 radical (unpaired) electrons. The lowest BCUT2D eigenvalue weighted by molar-refractivity contribution is 0.0940. The van der Waals surface area contributed by atoms with Crippen molar-refractivity contribution in [1.29, 1.82) is 0 Å². The van der Waals surface area contributed by atoms with Gasteiger partial charge in [-0.2, -0.15) is 0 Å². The number of carbonyl (C=O) groups is 1. The van der Waals surface area contributed by atoms with E-state index in [2.05, 4.69) is 15.3 Å². The fourth-order valence-corrected chi connectivity index (χ4v) is 1.73. The number of nitrogens with one attached hydrogen (secondary N) is 1. The molecular formula is C14H13ClFN3O2. The summed E-state index contributed by atoms with van der Waals surface area (Å²) >= 11 is 5.87. The molecule has 1 heterocycles. The molecule has 110 valence electrons. The molecule has 0 fully saturated rings. The molecule has 0 unspecified atom stereocenters. The summed E-state index contributed by atoms with van der Waals surface area (Å²) in [5, 5.41) is 2.78. The molecule has 7 heteroatoms. The second-order valence-electron chi connectivity index (χ2n) is 4.55. The fraction of sp³-hybridized carbons (Fsp3) is 0.214. The van der Waals surface area contributed by atoms with E-state index < -0.39 is 11.7 Å². The Morgan fingerprint density at radius 3 is 2.81 bits per heavy atom. The van der Waals surface area contributed by atoms with Crippen LogP contribution < -0.4 is 10.1 Å². The zero-order valence-corrected chi connectivity index (χ0v) is 12.2. The number of halogens is 2. The van der Waals surface area contributed by atoms with E-state index >= 15 is 0 Å². The summed E-state index contributed by atoms with van der Waals surface area (Å²) < 4.78 is 18.9. The third-order valence-electron chi connectivity index (χ3n) is 2.46. The number of hydrogen-bond donors (Lipinski definition) is 1. The Hall–Kier alpha value is -2.21. The Balaban J connectivity index is 2.35. The number of nitrogens with zero attached hydrogens (tertiary/aromatic N) is 2. The van der Waals surface area contributed by atoms with Crippen LogP contribution in [0.15, 0.2) is 30.7 Å². The maximum absolute atomic E-state index is 13.4. The van der Waals surface area contributed by atoms with Crippen LogP contribution in [0.1, 0.15) is 24.2 Å². The van der Waals surface area contributed by atoms with Crippen LogP contribution in [0.2, 0.25) is 5.15 Å². The van der Waals surface area contributed by atoms with E-state index in [1.165, 1.54) is 24.7 Å². The molecule has 0 aliphatic heterocycles. The molecule has 2 aromatic rings. The van der Waals surface area contributed by atoms with Crippen LogP contribution in [-0.4, -0.2) is 21.9 Å². The summed E-state index contributed by atoms with van der Waals surface area (Å²) in [4.78, 5) is 19.6. The third-order valence-corrected chi connectivity index (χ3v) is 2.74. The van der Waals surface area contributed by atoms with E-state index in [1.54, 1.807) is 13.8 Å². The normalized spacial score (nSPS) is 10.5. The average Bonchev–Trinajstić information content (AvgIpc) is 2.42. The summed E-state index contributed by atoms with van der Waals surface area (Å²) in [6.07, 6.45) is 2.63. The highest BCUT2D eigenvalue weighted by Gasteiger charge is 2.16. The van der Waals surface area contributed by atoms with Crippen LogP contribution in [0.4, 0.5) is 4.39 Å². The average molecular weight is 310 g/mol. The summed E-state index contributed by atoms with van der Waals surface area (Å²) in [5.41, 5.74) is 0.0728. The molecule has 0 saturated heterocycles. The predicted molar refractivity (Wildman–Crippen MR) is 76.1 cm³/mol. The predicted octanol–water partition coefficient (Wildman–Crippen LogP) is 3.20. The molecule has 5 nitrogen and oxygen atoms in total. The summed E-state index contributed by atoms with van der Waals surface area (Å²) in [6, 6.07) is 3.56. The van der Waals surface area contributed by atoms with Crippen molar-refractivity contribution < 1.29 is 13.9 Å². The van der Waals surface area contributed by atoms with Crippen LogP contribution in [0.5, 0.6) is 11.5 Å². The molecule has 21 heavy (non-hydrogen) atoms. The number of hydrogen-bond acceptors (Lipinski definition) is 4. The summed E-state index contributed by atoms with van der Waals surface area (Å²) in [5.74, 6) is -0.616. The number of amides is 1. The van der Waals surface area contributed by atoms with E-state index in [9.17, 15) is 9.18 Å². The first-order valence-electron chi connectivity index (χ1n) is 6.21. The van der Waals surface area contributed by atoms with Gasteiger partial charge < -0.3 is 10.1 Å². The Kier molecular flexibility index (Phi) is 4.70. The maximum Gasteiger partial charge on any atom is 0.255 e. The molecule has 0 aliphatic carbocycles. The van der Waals surface area contributed by atoms with Gasteiger partial charge in [-0.05, 0) is 32.0 Å². The van der Waals surface area contributed by atoms with Gasteiger partial charge in [-0.3, -0.25) is 4.79 Å². The monoisotopic (exact) mass is 309 g/mol. The van der Waals surface area contributed by atoms with Crippen LogP contribution in [-0.2, 0) is 0 Å². The smallest absolute Gasteiger partial charge is 0.255 e. The zero-order valence-electron chi connectivity index (χ0n) is 11.4. The van der Waals surface area contributed by atoms with E-state index in [0.717, 1.165) is 6.07 Å². The number of benzene rings is 1. The molecule has 1 amide bonds. The highest BCUT2D eigenvalue weighted by atomic mass is 35.5. The van der Waals surface area contributed by atoms with Crippen molar-refractivity contribution >= 4 is 17.5 Å². The molecule has 2 rings (SSSR count). The number of ether oxygens (including phenoxy) is 1. The van der Waals surface area contributed by atoms with Crippen molar-refractivity contribution in [2.45, 2.75) is 19.9 Å². The lowest BCUT2D eigenvalue weighted by atomic mass is 10.1.